The van der Waals surface area contributed by atoms with Crippen molar-refractivity contribution in [3.05, 3.63) is 39.4 Å². The van der Waals surface area contributed by atoms with E-state index in [1.54, 1.807) is 0 Å². The van der Waals surface area contributed by atoms with E-state index >= 15 is 0 Å². The van der Waals surface area contributed by atoms with Gasteiger partial charge in [-0.3, -0.25) is 9.69 Å². The van der Waals surface area contributed by atoms with E-state index < -0.39 is 8.07 Å². The molecule has 1 aliphatic heterocycles. The van der Waals surface area contributed by atoms with E-state index in [2.05, 4.69) is 65.3 Å². The third-order valence-electron chi connectivity index (χ3n) is 6.88. The summed E-state index contributed by atoms with van der Waals surface area (Å²) in [6.45, 7) is 20.2. The second kappa shape index (κ2) is 8.79. The van der Waals surface area contributed by atoms with Gasteiger partial charge in [-0.1, -0.05) is 55.4 Å². The zero-order valence-corrected chi connectivity index (χ0v) is 20.9. The number of rotatable bonds is 7. The predicted molar refractivity (Wildman–Crippen MR) is 124 cm³/mol. The molecule has 1 N–H and O–H groups in total. The van der Waals surface area contributed by atoms with Crippen molar-refractivity contribution >= 4 is 13.6 Å². The van der Waals surface area contributed by atoms with Gasteiger partial charge in [-0.15, -0.1) is 0 Å². The molecule has 2 aromatic rings. The maximum Gasteiger partial charge on any atom is 0.255 e. The van der Waals surface area contributed by atoms with E-state index in [0.29, 0.717) is 29.7 Å². The van der Waals surface area contributed by atoms with Gasteiger partial charge in [0, 0.05) is 25.4 Å². The van der Waals surface area contributed by atoms with E-state index in [0.717, 1.165) is 41.3 Å². The highest BCUT2D eigenvalue weighted by atomic mass is 28.3. The number of nitrogens with zero attached hydrogens (tertiary/aromatic N) is 3. The Balaban J connectivity index is 1.81. The van der Waals surface area contributed by atoms with Crippen molar-refractivity contribution in [2.24, 2.45) is 0 Å². The van der Waals surface area contributed by atoms with Crippen LogP contribution in [-0.4, -0.2) is 34.5 Å². The van der Waals surface area contributed by atoms with Crippen LogP contribution in [0.3, 0.4) is 0 Å². The quantitative estimate of drug-likeness (QED) is 0.662. The fraction of sp³-hybridized carbons (Fsp3) is 0.696. The minimum atomic E-state index is -1.89. The van der Waals surface area contributed by atoms with Crippen molar-refractivity contribution in [1.82, 2.24) is 19.9 Å². The van der Waals surface area contributed by atoms with Crippen molar-refractivity contribution in [2.75, 3.05) is 6.54 Å². The van der Waals surface area contributed by atoms with Crippen LogP contribution in [0.4, 0.5) is 0 Å². The summed E-state index contributed by atoms with van der Waals surface area (Å²) in [6.07, 6.45) is 2.70. The largest absolute Gasteiger partial charge is 0.449 e. The summed E-state index contributed by atoms with van der Waals surface area (Å²) in [4.78, 5) is 27.3. The lowest BCUT2D eigenvalue weighted by Gasteiger charge is -2.39. The highest BCUT2D eigenvalue weighted by Crippen LogP contribution is 2.40. The molecule has 7 heteroatoms. The first-order valence-corrected chi connectivity index (χ1v) is 13.6. The highest BCUT2D eigenvalue weighted by Gasteiger charge is 2.49. The van der Waals surface area contributed by atoms with Crippen LogP contribution in [0, 0.1) is 0 Å². The summed E-state index contributed by atoms with van der Waals surface area (Å²) in [7, 11) is -1.89. The molecule has 30 heavy (non-hydrogen) atoms. The number of aromatic amines is 1. The zero-order chi connectivity index (χ0) is 22.2. The third-order valence-corrected chi connectivity index (χ3v) is 13.6. The van der Waals surface area contributed by atoms with Crippen LogP contribution in [0.2, 0.25) is 16.6 Å². The molecule has 0 radical (unpaired) electrons. The molecule has 3 rings (SSSR count). The van der Waals surface area contributed by atoms with Crippen molar-refractivity contribution in [3.63, 3.8) is 0 Å². The molecule has 0 amide bonds. The Bertz CT molecular complexity index is 908. The van der Waals surface area contributed by atoms with Crippen molar-refractivity contribution in [1.29, 1.82) is 0 Å². The lowest BCUT2D eigenvalue weighted by molar-refractivity contribution is 0.223. The molecule has 0 spiro atoms. The molecule has 6 nitrogen and oxygen atoms in total. The number of hydrogen-bond donors (Lipinski definition) is 1. The summed E-state index contributed by atoms with van der Waals surface area (Å²) in [6, 6.07) is 0. The molecule has 0 bridgehead atoms. The number of fused-ring (bicyclic) bond motifs is 1. The number of nitrogens with one attached hydrogen (secondary N) is 1. The van der Waals surface area contributed by atoms with E-state index in [1.807, 2.05) is 6.20 Å². The lowest BCUT2D eigenvalue weighted by Crippen LogP contribution is -2.56. The molecular weight excluding hydrogens is 392 g/mol. The smallest absolute Gasteiger partial charge is 0.255 e. The standard InChI is InChI=1S/C23H38N4O2Si/c1-14(2)21-25-20-9-10-27(13-19(20)22(28)26-21)12-18-11-24-23(29-18)30(15(3)4,16(5)6)17(7)8/h11,14-17H,9-10,12-13H2,1-8H3,(H,25,26,28). The summed E-state index contributed by atoms with van der Waals surface area (Å²) in [5.41, 5.74) is 4.40. The molecule has 0 fully saturated rings. The van der Waals surface area contributed by atoms with Gasteiger partial charge in [0.2, 0.25) is 0 Å². The lowest BCUT2D eigenvalue weighted by atomic mass is 10.1. The molecule has 0 unspecified atom stereocenters. The van der Waals surface area contributed by atoms with Crippen LogP contribution in [0.1, 0.15) is 84.1 Å². The molecule has 3 heterocycles. The summed E-state index contributed by atoms with van der Waals surface area (Å²) < 4.78 is 6.41. The van der Waals surface area contributed by atoms with E-state index in [1.165, 1.54) is 0 Å². The summed E-state index contributed by atoms with van der Waals surface area (Å²) in [5.74, 6) is 1.90. The van der Waals surface area contributed by atoms with Gasteiger partial charge in [0.15, 0.2) is 13.6 Å². The second-order valence-electron chi connectivity index (χ2n) is 10.0. The Hall–Kier alpha value is -1.73. The van der Waals surface area contributed by atoms with Gasteiger partial charge in [-0.2, -0.15) is 0 Å². The van der Waals surface area contributed by atoms with E-state index in [4.69, 9.17) is 14.4 Å². The molecule has 0 saturated carbocycles. The monoisotopic (exact) mass is 430 g/mol. The first-order chi connectivity index (χ1) is 14.1. The number of oxazole rings is 1. The van der Waals surface area contributed by atoms with Crippen LogP contribution in [0.25, 0.3) is 0 Å². The SMILES string of the molecule is CC(C)c1nc2c(c(=O)[nH]1)CN(Cc1cnc([Si](C(C)C)(C(C)C)C(C)C)o1)CC2. The minimum Gasteiger partial charge on any atom is -0.449 e. The summed E-state index contributed by atoms with van der Waals surface area (Å²) >= 11 is 0. The Labute approximate surface area is 181 Å². The minimum absolute atomic E-state index is 0.00231. The first-order valence-electron chi connectivity index (χ1n) is 11.4. The first kappa shape index (κ1) is 22.9. The Kier molecular flexibility index (Phi) is 6.72. The third kappa shape index (κ3) is 4.06. The molecule has 0 aromatic carbocycles. The Morgan fingerprint density at radius 3 is 2.30 bits per heavy atom. The number of aromatic nitrogens is 3. The van der Waals surface area contributed by atoms with Gasteiger partial charge in [-0.05, 0) is 16.6 Å². The number of H-pyrrole nitrogens is 1. The van der Waals surface area contributed by atoms with Crippen molar-refractivity contribution in [2.45, 2.75) is 97.4 Å². The maximum absolute atomic E-state index is 12.6. The van der Waals surface area contributed by atoms with Crippen LogP contribution in [-0.2, 0) is 19.5 Å². The highest BCUT2D eigenvalue weighted by molar-refractivity contribution is 6.93. The van der Waals surface area contributed by atoms with Crippen LogP contribution in [0.15, 0.2) is 15.4 Å². The van der Waals surface area contributed by atoms with Crippen molar-refractivity contribution < 1.29 is 4.42 Å². The molecule has 1 aliphatic rings. The molecule has 166 valence electrons. The van der Waals surface area contributed by atoms with Crippen LogP contribution >= 0.6 is 0 Å². The van der Waals surface area contributed by atoms with Gasteiger partial charge in [0.25, 0.3) is 5.56 Å². The Morgan fingerprint density at radius 1 is 1.10 bits per heavy atom. The number of hydrogen-bond acceptors (Lipinski definition) is 5. The average Bonchev–Trinajstić information content (AvgIpc) is 3.09. The van der Waals surface area contributed by atoms with Crippen LogP contribution < -0.4 is 11.1 Å². The Morgan fingerprint density at radius 2 is 1.73 bits per heavy atom. The predicted octanol–water partition coefficient (Wildman–Crippen LogP) is 4.33. The molecule has 0 aliphatic carbocycles. The van der Waals surface area contributed by atoms with E-state index in [-0.39, 0.29) is 11.5 Å². The van der Waals surface area contributed by atoms with Gasteiger partial charge in [0.05, 0.1) is 24.0 Å². The maximum atomic E-state index is 12.6. The summed E-state index contributed by atoms with van der Waals surface area (Å²) in [5, 5.41) is 0. The van der Waals surface area contributed by atoms with Gasteiger partial charge < -0.3 is 9.40 Å². The fourth-order valence-corrected chi connectivity index (χ4v) is 11.5. The molecule has 0 atom stereocenters. The van der Waals surface area contributed by atoms with Gasteiger partial charge in [0.1, 0.15) is 11.6 Å². The zero-order valence-electron chi connectivity index (χ0n) is 19.9. The fourth-order valence-electron chi connectivity index (χ4n) is 5.45. The molecule has 2 aromatic heterocycles. The normalized spacial score (nSPS) is 15.6. The van der Waals surface area contributed by atoms with E-state index in [9.17, 15) is 4.79 Å². The molecule has 0 saturated heterocycles. The van der Waals surface area contributed by atoms with Gasteiger partial charge in [-0.25, -0.2) is 9.97 Å². The van der Waals surface area contributed by atoms with Crippen molar-refractivity contribution in [3.8, 4) is 0 Å². The average molecular weight is 431 g/mol. The van der Waals surface area contributed by atoms with Crippen LogP contribution in [0.5, 0.6) is 0 Å². The second-order valence-corrected chi connectivity index (χ2v) is 15.8. The molecular formula is C23H38N4O2Si. The topological polar surface area (TPSA) is 75.0 Å². The van der Waals surface area contributed by atoms with Gasteiger partial charge >= 0.3 is 0 Å².